The van der Waals surface area contributed by atoms with Crippen molar-refractivity contribution in [3.63, 3.8) is 0 Å². The van der Waals surface area contributed by atoms with Crippen molar-refractivity contribution in [2.45, 2.75) is 64.5 Å². The van der Waals surface area contributed by atoms with Gasteiger partial charge in [-0.1, -0.05) is 44.3 Å². The zero-order valence-electron chi connectivity index (χ0n) is 17.1. The van der Waals surface area contributed by atoms with Gasteiger partial charge in [-0.05, 0) is 42.5 Å². The monoisotopic (exact) mass is 415 g/mol. The van der Waals surface area contributed by atoms with E-state index >= 15 is 0 Å². The molecule has 2 aliphatic rings. The molecule has 156 valence electrons. The summed E-state index contributed by atoms with van der Waals surface area (Å²) in [6, 6.07) is 5.15. The third-order valence-electron chi connectivity index (χ3n) is 6.07. The van der Waals surface area contributed by atoms with E-state index in [4.69, 9.17) is 4.52 Å². The zero-order valence-corrected chi connectivity index (χ0v) is 17.9. The summed E-state index contributed by atoms with van der Waals surface area (Å²) in [6.07, 6.45) is 6.55. The average Bonchev–Trinajstić information content (AvgIpc) is 3.41. The Balaban J connectivity index is 1.57. The predicted molar refractivity (Wildman–Crippen MR) is 113 cm³/mol. The molecule has 2 atom stereocenters. The molecular formula is C22H29N3O3S. The van der Waals surface area contributed by atoms with Crippen LogP contribution >= 0.6 is 11.3 Å². The van der Waals surface area contributed by atoms with Gasteiger partial charge in [0.1, 0.15) is 6.04 Å². The number of nitrogens with zero attached hydrogens (tertiary/aromatic N) is 2. The Hall–Kier alpha value is -2.15. The zero-order chi connectivity index (χ0) is 20.4. The van der Waals surface area contributed by atoms with Crippen molar-refractivity contribution in [1.29, 1.82) is 0 Å². The lowest BCUT2D eigenvalue weighted by molar-refractivity contribution is -0.131. The molecule has 0 aromatic carbocycles. The van der Waals surface area contributed by atoms with E-state index < -0.39 is 6.04 Å². The number of carbonyl (C=O) groups is 2. The Morgan fingerprint density at radius 2 is 2.14 bits per heavy atom. The number of rotatable bonds is 5. The molecular weight excluding hydrogens is 386 g/mol. The van der Waals surface area contributed by atoms with Crippen molar-refractivity contribution in [2.24, 2.45) is 11.8 Å². The lowest BCUT2D eigenvalue weighted by Crippen LogP contribution is -2.63. The number of amides is 2. The Kier molecular flexibility index (Phi) is 6.04. The molecule has 2 fully saturated rings. The topological polar surface area (TPSA) is 75.4 Å². The van der Waals surface area contributed by atoms with Gasteiger partial charge < -0.3 is 14.7 Å². The second-order valence-corrected chi connectivity index (χ2v) is 9.62. The number of nitrogens with one attached hydrogen (secondary N) is 1. The molecule has 2 amide bonds. The summed E-state index contributed by atoms with van der Waals surface area (Å²) in [4.78, 5) is 29.0. The lowest BCUT2D eigenvalue weighted by Gasteiger charge is -2.43. The maximum Gasteiger partial charge on any atom is 0.276 e. The van der Waals surface area contributed by atoms with Crippen LogP contribution in [-0.2, 0) is 4.79 Å². The van der Waals surface area contributed by atoms with E-state index in [1.165, 1.54) is 19.3 Å². The van der Waals surface area contributed by atoms with Crippen LogP contribution in [0.5, 0.6) is 0 Å². The Morgan fingerprint density at radius 1 is 1.34 bits per heavy atom. The van der Waals surface area contributed by atoms with Crippen LogP contribution in [0.25, 0.3) is 10.6 Å². The Bertz CT molecular complexity index is 839. The summed E-state index contributed by atoms with van der Waals surface area (Å²) >= 11 is 1.54. The molecule has 29 heavy (non-hydrogen) atoms. The molecule has 7 heteroatoms. The largest absolute Gasteiger partial charge is 0.355 e. The normalized spacial score (nSPS) is 23.4. The highest BCUT2D eigenvalue weighted by atomic mass is 32.1. The first-order chi connectivity index (χ1) is 14.0. The van der Waals surface area contributed by atoms with Crippen molar-refractivity contribution in [1.82, 2.24) is 15.4 Å². The maximum atomic E-state index is 13.4. The van der Waals surface area contributed by atoms with Crippen molar-refractivity contribution < 1.29 is 14.1 Å². The third kappa shape index (κ3) is 4.39. The molecule has 1 aliphatic carbocycles. The number of piperazine rings is 1. The van der Waals surface area contributed by atoms with E-state index in [0.717, 1.165) is 17.7 Å². The number of thiophene rings is 1. The first kappa shape index (κ1) is 20.1. The van der Waals surface area contributed by atoms with Crippen LogP contribution < -0.4 is 5.32 Å². The van der Waals surface area contributed by atoms with Gasteiger partial charge in [-0.2, -0.15) is 0 Å². The van der Waals surface area contributed by atoms with Crippen molar-refractivity contribution in [3.05, 3.63) is 29.3 Å². The molecule has 0 unspecified atom stereocenters. The van der Waals surface area contributed by atoms with E-state index in [1.54, 1.807) is 22.3 Å². The molecule has 3 heterocycles. The molecule has 1 saturated heterocycles. The van der Waals surface area contributed by atoms with Gasteiger partial charge >= 0.3 is 0 Å². The minimum Gasteiger partial charge on any atom is -0.355 e. The van der Waals surface area contributed by atoms with Crippen LogP contribution in [0.1, 0.15) is 62.9 Å². The van der Waals surface area contributed by atoms with Gasteiger partial charge in [-0.25, -0.2) is 0 Å². The molecule has 1 aliphatic heterocycles. The van der Waals surface area contributed by atoms with Gasteiger partial charge in [-0.3, -0.25) is 9.59 Å². The van der Waals surface area contributed by atoms with Gasteiger partial charge in [0.2, 0.25) is 5.91 Å². The number of hydrogen-bond donors (Lipinski definition) is 1. The van der Waals surface area contributed by atoms with Crippen molar-refractivity contribution >= 4 is 23.2 Å². The maximum absolute atomic E-state index is 13.4. The van der Waals surface area contributed by atoms with Crippen LogP contribution in [0.3, 0.4) is 0 Å². The smallest absolute Gasteiger partial charge is 0.276 e. The summed E-state index contributed by atoms with van der Waals surface area (Å²) < 4.78 is 5.42. The number of hydrogen-bond acceptors (Lipinski definition) is 5. The molecule has 6 nitrogen and oxygen atoms in total. The van der Waals surface area contributed by atoms with Gasteiger partial charge in [0.15, 0.2) is 11.5 Å². The highest BCUT2D eigenvalue weighted by Gasteiger charge is 2.41. The minimum absolute atomic E-state index is 0.0267. The van der Waals surface area contributed by atoms with E-state index in [1.807, 2.05) is 17.5 Å². The average molecular weight is 416 g/mol. The summed E-state index contributed by atoms with van der Waals surface area (Å²) in [5.74, 6) is 1.11. The fourth-order valence-corrected chi connectivity index (χ4v) is 5.25. The summed E-state index contributed by atoms with van der Waals surface area (Å²) in [7, 11) is 0. The van der Waals surface area contributed by atoms with Crippen LogP contribution in [0.2, 0.25) is 0 Å². The number of carbonyl (C=O) groups excluding carboxylic acids is 2. The Morgan fingerprint density at radius 3 is 2.83 bits per heavy atom. The first-order valence-electron chi connectivity index (χ1n) is 10.6. The molecule has 4 rings (SSSR count). The summed E-state index contributed by atoms with van der Waals surface area (Å²) in [5, 5.41) is 9.22. The van der Waals surface area contributed by atoms with Crippen molar-refractivity contribution in [3.8, 4) is 10.6 Å². The highest BCUT2D eigenvalue weighted by Crippen LogP contribution is 2.31. The minimum atomic E-state index is -0.454. The highest BCUT2D eigenvalue weighted by molar-refractivity contribution is 7.13. The summed E-state index contributed by atoms with van der Waals surface area (Å²) in [5.41, 5.74) is 0.277. The third-order valence-corrected chi connectivity index (χ3v) is 6.95. The first-order valence-corrected chi connectivity index (χ1v) is 11.5. The second-order valence-electron chi connectivity index (χ2n) is 8.67. The van der Waals surface area contributed by atoms with E-state index in [-0.39, 0.29) is 23.6 Å². The van der Waals surface area contributed by atoms with E-state index in [9.17, 15) is 9.59 Å². The van der Waals surface area contributed by atoms with E-state index in [2.05, 4.69) is 24.3 Å². The second kappa shape index (κ2) is 8.69. The van der Waals surface area contributed by atoms with Crippen LogP contribution in [0.4, 0.5) is 0 Å². The quantitative estimate of drug-likeness (QED) is 0.788. The SMILES string of the molecule is CC(C)C[C@H]1C(=O)N[C@@H](C2CCCCC2)CN1C(=O)c1cc(-c2cccs2)on1. The molecule has 1 N–H and O–H groups in total. The Labute approximate surface area is 175 Å². The van der Waals surface area contributed by atoms with Crippen molar-refractivity contribution in [2.75, 3.05) is 6.54 Å². The van der Waals surface area contributed by atoms with Crippen LogP contribution in [-0.4, -0.2) is 40.5 Å². The van der Waals surface area contributed by atoms with Gasteiger partial charge in [0.05, 0.1) is 4.88 Å². The fraction of sp³-hybridized carbons (Fsp3) is 0.591. The van der Waals surface area contributed by atoms with Crippen LogP contribution in [0, 0.1) is 11.8 Å². The fourth-order valence-electron chi connectivity index (χ4n) is 4.57. The predicted octanol–water partition coefficient (Wildman–Crippen LogP) is 4.34. The van der Waals surface area contributed by atoms with Crippen LogP contribution in [0.15, 0.2) is 28.1 Å². The molecule has 0 radical (unpaired) electrons. The molecule has 0 bridgehead atoms. The molecule has 1 saturated carbocycles. The van der Waals surface area contributed by atoms with Gasteiger partial charge in [0, 0.05) is 18.7 Å². The molecule has 0 spiro atoms. The van der Waals surface area contributed by atoms with Gasteiger partial charge in [0.25, 0.3) is 5.91 Å². The number of aromatic nitrogens is 1. The van der Waals surface area contributed by atoms with E-state index in [0.29, 0.717) is 30.6 Å². The molecule has 2 aromatic rings. The lowest BCUT2D eigenvalue weighted by atomic mass is 9.82. The standard InChI is InChI=1S/C22H29N3O3S/c1-14(2)11-18-21(26)23-17(15-7-4-3-5-8-15)13-25(18)22(27)16-12-19(28-24-16)20-9-6-10-29-20/h6,9-10,12,14-15,17-18H,3-5,7-8,11,13H2,1-2H3,(H,23,26)/t17-,18+/m1/s1. The summed E-state index contributed by atoms with van der Waals surface area (Å²) in [6.45, 7) is 4.70. The molecule has 2 aromatic heterocycles. The van der Waals surface area contributed by atoms with Gasteiger partial charge in [-0.15, -0.1) is 11.3 Å².